The fourth-order valence-electron chi connectivity index (χ4n) is 5.17. The molecule has 0 unspecified atom stereocenters. The van der Waals surface area contributed by atoms with Crippen molar-refractivity contribution in [3.05, 3.63) is 88.3 Å². The summed E-state index contributed by atoms with van der Waals surface area (Å²) in [6.45, 7) is 0.424. The second-order valence-corrected chi connectivity index (χ2v) is 11.3. The number of benzene rings is 1. The minimum absolute atomic E-state index is 0.00652. The van der Waals surface area contributed by atoms with E-state index in [2.05, 4.69) is 36.2 Å². The van der Waals surface area contributed by atoms with Gasteiger partial charge in [-0.05, 0) is 48.7 Å². The highest BCUT2D eigenvalue weighted by Crippen LogP contribution is 2.38. The van der Waals surface area contributed by atoms with Gasteiger partial charge in [0, 0.05) is 73.4 Å². The quantitative estimate of drug-likeness (QED) is 0.123. The second kappa shape index (κ2) is 15.8. The van der Waals surface area contributed by atoms with Gasteiger partial charge in [-0.15, -0.1) is 0 Å². The Kier molecular flexibility index (Phi) is 11.4. The van der Waals surface area contributed by atoms with Crippen LogP contribution in [-0.4, -0.2) is 64.2 Å². The molecule has 47 heavy (non-hydrogen) atoms. The SMILES string of the molecule is Cc1c(NC(=O)c2ccc(CNCCO)cn2)cccc1-c1nccc(-c2ccc(CNC[C@@H]3CCC(=O)N3)c(OC(F)F)n2)c1Cl. The van der Waals surface area contributed by atoms with Crippen LogP contribution in [0.2, 0.25) is 5.02 Å². The standard InChI is InChI=1S/C33H34ClF2N7O4/c1-19-23(3-2-4-25(19)42-31(46)27-8-5-20(16-40-27)15-37-13-14-44)30-29(34)24(11-12-39-30)26-9-6-21(32(43-26)47-33(35)36)17-38-18-22-7-10-28(45)41-22/h2-6,8-9,11-12,16,22,33,37-38,44H,7,10,13-15,17-18H2,1H3,(H,41,45)(H,42,46)/t22-/m0/s1. The summed E-state index contributed by atoms with van der Waals surface area (Å²) in [4.78, 5) is 37.6. The summed E-state index contributed by atoms with van der Waals surface area (Å²) in [6, 6.07) is 13.7. The Morgan fingerprint density at radius 1 is 1.11 bits per heavy atom. The molecular formula is C33H34ClF2N7O4. The van der Waals surface area contributed by atoms with Crippen LogP contribution in [-0.2, 0) is 17.9 Å². The van der Waals surface area contributed by atoms with Crippen LogP contribution in [0.4, 0.5) is 14.5 Å². The summed E-state index contributed by atoms with van der Waals surface area (Å²) in [7, 11) is 0. The first-order valence-electron chi connectivity index (χ1n) is 15.0. The molecule has 1 saturated heterocycles. The predicted molar refractivity (Wildman–Crippen MR) is 173 cm³/mol. The number of alkyl halides is 2. The molecule has 1 aromatic carbocycles. The number of rotatable bonds is 14. The molecule has 1 aliphatic rings. The van der Waals surface area contributed by atoms with Crippen molar-refractivity contribution in [3.8, 4) is 28.4 Å². The number of anilines is 1. The van der Waals surface area contributed by atoms with Crippen LogP contribution in [0.25, 0.3) is 22.5 Å². The molecule has 1 aliphatic heterocycles. The zero-order chi connectivity index (χ0) is 33.3. The first kappa shape index (κ1) is 33.8. The number of ether oxygens (including phenoxy) is 1. The highest BCUT2D eigenvalue weighted by Gasteiger charge is 2.22. The van der Waals surface area contributed by atoms with Gasteiger partial charge in [0.1, 0.15) is 5.69 Å². The van der Waals surface area contributed by atoms with Crippen LogP contribution < -0.4 is 26.0 Å². The third-order valence-corrected chi connectivity index (χ3v) is 7.99. The summed E-state index contributed by atoms with van der Waals surface area (Å²) in [5, 5.41) is 21.1. The largest absolute Gasteiger partial charge is 0.417 e. The number of aliphatic hydroxyl groups is 1. The molecule has 14 heteroatoms. The van der Waals surface area contributed by atoms with E-state index < -0.39 is 12.5 Å². The van der Waals surface area contributed by atoms with Gasteiger partial charge in [0.25, 0.3) is 5.91 Å². The van der Waals surface area contributed by atoms with Gasteiger partial charge in [-0.3, -0.25) is 19.6 Å². The Morgan fingerprint density at radius 3 is 2.68 bits per heavy atom. The van der Waals surface area contributed by atoms with Crippen molar-refractivity contribution < 1.29 is 28.2 Å². The number of pyridine rings is 3. The third kappa shape index (κ3) is 8.63. The summed E-state index contributed by atoms with van der Waals surface area (Å²) >= 11 is 6.88. The maximum Gasteiger partial charge on any atom is 0.388 e. The number of nitrogens with zero attached hydrogens (tertiary/aromatic N) is 3. The maximum absolute atomic E-state index is 13.4. The highest BCUT2D eigenvalue weighted by molar-refractivity contribution is 6.35. The van der Waals surface area contributed by atoms with Crippen LogP contribution in [0.15, 0.2) is 60.9 Å². The Bertz CT molecular complexity index is 1730. The van der Waals surface area contributed by atoms with Gasteiger partial charge in [0.15, 0.2) is 0 Å². The molecule has 0 aliphatic carbocycles. The van der Waals surface area contributed by atoms with Gasteiger partial charge in [-0.2, -0.15) is 8.78 Å². The topological polar surface area (TPSA) is 150 Å². The van der Waals surface area contributed by atoms with E-state index in [9.17, 15) is 18.4 Å². The minimum Gasteiger partial charge on any atom is -0.417 e. The van der Waals surface area contributed by atoms with E-state index in [0.29, 0.717) is 71.8 Å². The molecule has 4 heterocycles. The normalized spacial score (nSPS) is 14.3. The van der Waals surface area contributed by atoms with Crippen molar-refractivity contribution in [2.24, 2.45) is 0 Å². The van der Waals surface area contributed by atoms with E-state index in [1.165, 1.54) is 0 Å². The lowest BCUT2D eigenvalue weighted by Gasteiger charge is -2.16. The number of hydrogen-bond acceptors (Lipinski definition) is 9. The first-order valence-corrected chi connectivity index (χ1v) is 15.4. The average molecular weight is 666 g/mol. The van der Waals surface area contributed by atoms with Crippen molar-refractivity contribution in [1.29, 1.82) is 0 Å². The zero-order valence-corrected chi connectivity index (χ0v) is 26.3. The van der Waals surface area contributed by atoms with Gasteiger partial charge >= 0.3 is 6.61 Å². The summed E-state index contributed by atoms with van der Waals surface area (Å²) in [6.07, 6.45) is 4.32. The molecule has 0 spiro atoms. The van der Waals surface area contributed by atoms with Crippen LogP contribution >= 0.6 is 11.6 Å². The van der Waals surface area contributed by atoms with Gasteiger partial charge in [-0.1, -0.05) is 35.9 Å². The Labute approximate surface area is 275 Å². The summed E-state index contributed by atoms with van der Waals surface area (Å²) in [5.41, 5.74) is 4.59. The van der Waals surface area contributed by atoms with E-state index in [0.717, 1.165) is 5.56 Å². The van der Waals surface area contributed by atoms with Crippen LogP contribution in [0, 0.1) is 6.92 Å². The van der Waals surface area contributed by atoms with Crippen molar-refractivity contribution in [3.63, 3.8) is 0 Å². The monoisotopic (exact) mass is 665 g/mol. The van der Waals surface area contributed by atoms with E-state index in [1.54, 1.807) is 54.9 Å². The van der Waals surface area contributed by atoms with E-state index >= 15 is 0 Å². The number of aromatic nitrogens is 3. The first-order chi connectivity index (χ1) is 22.7. The van der Waals surface area contributed by atoms with Crippen molar-refractivity contribution >= 4 is 29.1 Å². The molecule has 1 fully saturated rings. The average Bonchev–Trinajstić information content (AvgIpc) is 3.48. The third-order valence-electron chi connectivity index (χ3n) is 7.61. The molecule has 0 saturated carbocycles. The molecule has 11 nitrogen and oxygen atoms in total. The van der Waals surface area contributed by atoms with Crippen LogP contribution in [0.5, 0.6) is 5.88 Å². The molecule has 4 aromatic rings. The van der Waals surface area contributed by atoms with Gasteiger partial charge in [0.05, 0.1) is 23.0 Å². The number of carbonyl (C=O) groups is 2. The fraction of sp³-hybridized carbons (Fsp3) is 0.303. The lowest BCUT2D eigenvalue weighted by atomic mass is 10.0. The number of carbonyl (C=O) groups excluding carboxylic acids is 2. The molecular weight excluding hydrogens is 632 g/mol. The number of hydrogen-bond donors (Lipinski definition) is 5. The van der Waals surface area contributed by atoms with Crippen LogP contribution in [0.3, 0.4) is 0 Å². The Morgan fingerprint density at radius 2 is 1.96 bits per heavy atom. The Hall–Kier alpha value is -4.56. The maximum atomic E-state index is 13.4. The Balaban J connectivity index is 1.34. The molecule has 5 N–H and O–H groups in total. The summed E-state index contributed by atoms with van der Waals surface area (Å²) < 4.78 is 31.5. The highest BCUT2D eigenvalue weighted by atomic mass is 35.5. The van der Waals surface area contributed by atoms with Crippen LogP contribution in [0.1, 0.15) is 40.0 Å². The smallest absolute Gasteiger partial charge is 0.388 e. The lowest BCUT2D eigenvalue weighted by Crippen LogP contribution is -2.35. The molecule has 0 radical (unpaired) electrons. The van der Waals surface area contributed by atoms with E-state index in [-0.39, 0.29) is 41.7 Å². The fourth-order valence-corrected chi connectivity index (χ4v) is 5.48. The van der Waals surface area contributed by atoms with Gasteiger partial charge in [-0.25, -0.2) is 4.98 Å². The van der Waals surface area contributed by atoms with Crippen molar-refractivity contribution in [1.82, 2.24) is 30.9 Å². The number of aliphatic hydroxyl groups excluding tert-OH is 1. The lowest BCUT2D eigenvalue weighted by molar-refractivity contribution is -0.119. The zero-order valence-electron chi connectivity index (χ0n) is 25.5. The molecule has 2 amide bonds. The number of halogens is 3. The minimum atomic E-state index is -3.09. The van der Waals surface area contributed by atoms with E-state index in [4.69, 9.17) is 21.4 Å². The molecule has 246 valence electrons. The molecule has 5 rings (SSSR count). The van der Waals surface area contributed by atoms with Crippen molar-refractivity contribution in [2.45, 2.75) is 45.5 Å². The molecule has 0 bridgehead atoms. The van der Waals surface area contributed by atoms with Crippen molar-refractivity contribution in [2.75, 3.05) is 25.0 Å². The summed E-state index contributed by atoms with van der Waals surface area (Å²) in [5.74, 6) is -0.641. The number of amides is 2. The molecule has 3 aromatic heterocycles. The predicted octanol–water partition coefficient (Wildman–Crippen LogP) is 4.47. The van der Waals surface area contributed by atoms with Gasteiger partial charge < -0.3 is 31.1 Å². The number of nitrogens with one attached hydrogen (secondary N) is 4. The van der Waals surface area contributed by atoms with Gasteiger partial charge in [0.2, 0.25) is 11.8 Å². The second-order valence-electron chi connectivity index (χ2n) is 10.9. The van der Waals surface area contributed by atoms with E-state index in [1.807, 2.05) is 13.0 Å². The molecule has 1 atom stereocenters.